The van der Waals surface area contributed by atoms with E-state index in [1.165, 1.54) is 25.7 Å². The zero-order valence-electron chi connectivity index (χ0n) is 10.6. The predicted molar refractivity (Wildman–Crippen MR) is 66.7 cm³/mol. The minimum atomic E-state index is 0.234. The number of amides is 1. The van der Waals surface area contributed by atoms with Crippen molar-refractivity contribution in [2.75, 3.05) is 26.7 Å². The lowest BCUT2D eigenvalue weighted by molar-refractivity contribution is -0.126. The number of nitrogens with zero attached hydrogens (tertiary/aromatic N) is 1. The molecule has 2 unspecified atom stereocenters. The lowest BCUT2D eigenvalue weighted by atomic mass is 9.91. The third kappa shape index (κ3) is 2.20. The fourth-order valence-corrected chi connectivity index (χ4v) is 3.55. The van der Waals surface area contributed by atoms with Crippen molar-refractivity contribution in [3.8, 4) is 0 Å². The van der Waals surface area contributed by atoms with Crippen LogP contribution in [0.3, 0.4) is 0 Å². The van der Waals surface area contributed by atoms with E-state index in [9.17, 15) is 4.79 Å². The molecule has 4 nitrogen and oxygen atoms in total. The van der Waals surface area contributed by atoms with E-state index in [0.29, 0.717) is 5.92 Å². The van der Waals surface area contributed by atoms with E-state index in [2.05, 4.69) is 22.6 Å². The number of rotatable bonds is 3. The molecule has 3 aliphatic rings. The largest absolute Gasteiger partial charge is 0.355 e. The molecular formula is C13H23N3O. The number of piperidine rings is 1. The van der Waals surface area contributed by atoms with Gasteiger partial charge in [0.25, 0.3) is 0 Å². The minimum Gasteiger partial charge on any atom is -0.355 e. The van der Waals surface area contributed by atoms with Crippen molar-refractivity contribution >= 4 is 5.91 Å². The monoisotopic (exact) mass is 237 g/mol. The first-order chi connectivity index (χ1) is 8.24. The second-order valence-corrected chi connectivity index (χ2v) is 5.99. The van der Waals surface area contributed by atoms with Crippen molar-refractivity contribution in [2.24, 2.45) is 11.8 Å². The molecule has 3 saturated heterocycles. The van der Waals surface area contributed by atoms with Gasteiger partial charge in [0, 0.05) is 31.7 Å². The molecule has 1 amide bonds. The second kappa shape index (κ2) is 4.58. The van der Waals surface area contributed by atoms with Crippen molar-refractivity contribution in [1.82, 2.24) is 15.5 Å². The molecule has 96 valence electrons. The quantitative estimate of drug-likeness (QED) is 0.737. The molecule has 3 heterocycles. The van der Waals surface area contributed by atoms with Gasteiger partial charge in [-0.25, -0.2) is 0 Å². The van der Waals surface area contributed by atoms with Gasteiger partial charge in [-0.05, 0) is 38.6 Å². The molecule has 3 aliphatic heterocycles. The molecule has 0 aromatic heterocycles. The van der Waals surface area contributed by atoms with Crippen LogP contribution in [-0.2, 0) is 4.79 Å². The van der Waals surface area contributed by atoms with Gasteiger partial charge in [-0.3, -0.25) is 4.79 Å². The van der Waals surface area contributed by atoms with Crippen LogP contribution in [0.25, 0.3) is 0 Å². The Labute approximate surface area is 103 Å². The number of fused-ring (bicyclic) bond motifs is 2. The third-order valence-corrected chi connectivity index (χ3v) is 4.91. The molecule has 3 fully saturated rings. The Kier molecular flexibility index (Phi) is 3.09. The van der Waals surface area contributed by atoms with Crippen LogP contribution in [0.15, 0.2) is 0 Å². The van der Waals surface area contributed by atoms with Crippen LogP contribution in [0.4, 0.5) is 0 Å². The lowest BCUT2D eigenvalue weighted by Crippen LogP contribution is -2.52. The van der Waals surface area contributed by atoms with E-state index in [0.717, 1.165) is 31.7 Å². The number of nitrogens with one attached hydrogen (secondary N) is 2. The molecule has 0 aromatic carbocycles. The normalized spacial score (nSPS) is 37.8. The fraction of sp³-hybridized carbons (Fsp3) is 0.923. The first-order valence-electron chi connectivity index (χ1n) is 6.94. The SMILES string of the molecule is CN1C2CCC1CC(CNC(=O)C1CNC1)C2. The van der Waals surface area contributed by atoms with Gasteiger partial charge in [-0.15, -0.1) is 0 Å². The molecule has 0 radical (unpaired) electrons. The summed E-state index contributed by atoms with van der Waals surface area (Å²) in [5.74, 6) is 1.20. The third-order valence-electron chi connectivity index (χ3n) is 4.91. The van der Waals surface area contributed by atoms with E-state index in [-0.39, 0.29) is 11.8 Å². The Morgan fingerprint density at radius 1 is 1.29 bits per heavy atom. The number of carbonyl (C=O) groups excluding carboxylic acids is 1. The van der Waals surface area contributed by atoms with Gasteiger partial charge in [-0.1, -0.05) is 0 Å². The van der Waals surface area contributed by atoms with E-state index < -0.39 is 0 Å². The predicted octanol–water partition coefficient (Wildman–Crippen LogP) is 0.195. The highest BCUT2D eigenvalue weighted by Gasteiger charge is 2.38. The van der Waals surface area contributed by atoms with Gasteiger partial charge in [0.1, 0.15) is 0 Å². The second-order valence-electron chi connectivity index (χ2n) is 5.99. The number of carbonyl (C=O) groups is 1. The molecular weight excluding hydrogens is 214 g/mol. The maximum atomic E-state index is 11.7. The Bertz CT molecular complexity index is 289. The lowest BCUT2D eigenvalue weighted by Gasteiger charge is -2.36. The standard InChI is InChI=1S/C13H23N3O/c1-16-11-2-3-12(16)5-9(4-11)6-15-13(17)10-7-14-8-10/h9-12,14H,2-8H2,1H3,(H,15,17). The number of hydrogen-bond acceptors (Lipinski definition) is 3. The van der Waals surface area contributed by atoms with Crippen LogP contribution in [-0.4, -0.2) is 49.6 Å². The van der Waals surface area contributed by atoms with Crippen LogP contribution in [0, 0.1) is 11.8 Å². The van der Waals surface area contributed by atoms with E-state index in [1.807, 2.05) is 0 Å². The zero-order valence-corrected chi connectivity index (χ0v) is 10.6. The summed E-state index contributed by atoms with van der Waals surface area (Å²) in [6.45, 7) is 2.63. The van der Waals surface area contributed by atoms with E-state index in [4.69, 9.17) is 0 Å². The van der Waals surface area contributed by atoms with Crippen molar-refractivity contribution in [3.63, 3.8) is 0 Å². The zero-order chi connectivity index (χ0) is 11.8. The summed E-state index contributed by atoms with van der Waals surface area (Å²) < 4.78 is 0. The van der Waals surface area contributed by atoms with Crippen molar-refractivity contribution < 1.29 is 4.79 Å². The molecule has 2 bridgehead atoms. The molecule has 0 aliphatic carbocycles. The summed E-state index contributed by atoms with van der Waals surface area (Å²) in [6.07, 6.45) is 5.27. The Balaban J connectivity index is 1.45. The number of hydrogen-bond donors (Lipinski definition) is 2. The molecule has 2 N–H and O–H groups in total. The van der Waals surface area contributed by atoms with Crippen LogP contribution < -0.4 is 10.6 Å². The van der Waals surface area contributed by atoms with Crippen LogP contribution >= 0.6 is 0 Å². The first kappa shape index (κ1) is 11.5. The summed E-state index contributed by atoms with van der Waals surface area (Å²) >= 11 is 0. The van der Waals surface area contributed by atoms with Gasteiger partial charge in [0.05, 0.1) is 5.92 Å². The van der Waals surface area contributed by atoms with Crippen molar-refractivity contribution in [3.05, 3.63) is 0 Å². The van der Waals surface area contributed by atoms with Gasteiger partial charge < -0.3 is 15.5 Å². The highest BCUT2D eigenvalue weighted by Crippen LogP contribution is 2.36. The molecule has 0 spiro atoms. The van der Waals surface area contributed by atoms with Gasteiger partial charge >= 0.3 is 0 Å². The maximum Gasteiger partial charge on any atom is 0.225 e. The fourth-order valence-electron chi connectivity index (χ4n) is 3.55. The summed E-state index contributed by atoms with van der Waals surface area (Å²) in [7, 11) is 2.26. The Morgan fingerprint density at radius 2 is 1.94 bits per heavy atom. The average Bonchev–Trinajstić information content (AvgIpc) is 2.50. The Morgan fingerprint density at radius 3 is 2.47 bits per heavy atom. The summed E-state index contributed by atoms with van der Waals surface area (Å²) in [5.41, 5.74) is 0. The van der Waals surface area contributed by atoms with Crippen LogP contribution in [0.1, 0.15) is 25.7 Å². The Hall–Kier alpha value is -0.610. The molecule has 3 rings (SSSR count). The van der Waals surface area contributed by atoms with Gasteiger partial charge in [-0.2, -0.15) is 0 Å². The summed E-state index contributed by atoms with van der Waals surface area (Å²) in [4.78, 5) is 14.3. The van der Waals surface area contributed by atoms with Gasteiger partial charge in [0.15, 0.2) is 0 Å². The van der Waals surface area contributed by atoms with Crippen molar-refractivity contribution in [1.29, 1.82) is 0 Å². The minimum absolute atomic E-state index is 0.234. The van der Waals surface area contributed by atoms with E-state index in [1.54, 1.807) is 0 Å². The molecule has 2 atom stereocenters. The van der Waals surface area contributed by atoms with Crippen LogP contribution in [0.2, 0.25) is 0 Å². The highest BCUT2D eigenvalue weighted by atomic mass is 16.2. The van der Waals surface area contributed by atoms with E-state index >= 15 is 0 Å². The molecule has 0 aromatic rings. The summed E-state index contributed by atoms with van der Waals surface area (Å²) in [6, 6.07) is 1.56. The first-order valence-corrected chi connectivity index (χ1v) is 6.94. The maximum absolute atomic E-state index is 11.7. The summed E-state index contributed by atoms with van der Waals surface area (Å²) in [5, 5.41) is 6.28. The smallest absolute Gasteiger partial charge is 0.225 e. The molecule has 4 heteroatoms. The molecule has 17 heavy (non-hydrogen) atoms. The van der Waals surface area contributed by atoms with Crippen molar-refractivity contribution in [2.45, 2.75) is 37.8 Å². The average molecular weight is 237 g/mol. The molecule has 0 saturated carbocycles. The highest BCUT2D eigenvalue weighted by molar-refractivity contribution is 5.79. The topological polar surface area (TPSA) is 44.4 Å². The van der Waals surface area contributed by atoms with Crippen LogP contribution in [0.5, 0.6) is 0 Å². The van der Waals surface area contributed by atoms with Gasteiger partial charge in [0.2, 0.25) is 5.91 Å².